The molecule has 1 saturated carbocycles. The molecule has 1 fully saturated rings. The lowest BCUT2D eigenvalue weighted by Gasteiger charge is -2.30. The highest BCUT2D eigenvalue weighted by atomic mass is 79.9. The van der Waals surface area contributed by atoms with E-state index < -0.39 is 0 Å². The van der Waals surface area contributed by atoms with Crippen molar-refractivity contribution in [1.29, 1.82) is 0 Å². The van der Waals surface area contributed by atoms with Gasteiger partial charge in [-0.2, -0.15) is 0 Å². The van der Waals surface area contributed by atoms with Gasteiger partial charge < -0.3 is 14.8 Å². The summed E-state index contributed by atoms with van der Waals surface area (Å²) < 4.78 is 12.2. The van der Waals surface area contributed by atoms with E-state index in [-0.39, 0.29) is 0 Å². The molecule has 0 aromatic heterocycles. The Morgan fingerprint density at radius 1 is 1.28 bits per heavy atom. The predicted molar refractivity (Wildman–Crippen MR) is 74.4 cm³/mol. The molecule has 1 N–H and O–H groups in total. The summed E-state index contributed by atoms with van der Waals surface area (Å²) >= 11 is 3.67. The number of ether oxygens (including phenoxy) is 2. The van der Waals surface area contributed by atoms with Gasteiger partial charge in [-0.3, -0.25) is 0 Å². The van der Waals surface area contributed by atoms with Crippen molar-refractivity contribution in [3.8, 4) is 11.5 Å². The van der Waals surface area contributed by atoms with E-state index in [4.69, 9.17) is 9.47 Å². The molecule has 1 aliphatic heterocycles. The Hall–Kier alpha value is -0.740. The van der Waals surface area contributed by atoms with Gasteiger partial charge in [0.05, 0.1) is 14.2 Å². The maximum absolute atomic E-state index is 5.61. The first kappa shape index (κ1) is 12.3. The largest absolute Gasteiger partial charge is 0.493 e. The number of hydrogen-bond acceptors (Lipinski definition) is 3. The molecule has 0 saturated heterocycles. The van der Waals surface area contributed by atoms with E-state index in [2.05, 4.69) is 21.2 Å². The highest BCUT2D eigenvalue weighted by molar-refractivity contribution is 9.10. The van der Waals surface area contributed by atoms with Gasteiger partial charge in [0.2, 0.25) is 0 Å². The minimum absolute atomic E-state index is 0.426. The number of benzene rings is 1. The van der Waals surface area contributed by atoms with Crippen molar-refractivity contribution in [2.24, 2.45) is 5.92 Å². The highest BCUT2D eigenvalue weighted by Crippen LogP contribution is 2.50. The molecule has 18 heavy (non-hydrogen) atoms. The third-order valence-corrected chi connectivity index (χ3v) is 4.61. The maximum atomic E-state index is 5.61. The molecule has 2 aliphatic rings. The molecule has 98 valence electrons. The Labute approximate surface area is 116 Å². The molecule has 3 rings (SSSR count). The first-order chi connectivity index (χ1) is 8.76. The second-order valence-electron chi connectivity index (χ2n) is 5.01. The molecule has 1 unspecified atom stereocenters. The molecular weight excluding hydrogens is 294 g/mol. The highest BCUT2D eigenvalue weighted by Gasteiger charge is 2.38. The number of fused-ring (bicyclic) bond motifs is 1. The van der Waals surface area contributed by atoms with Crippen molar-refractivity contribution in [3.05, 3.63) is 21.7 Å². The van der Waals surface area contributed by atoms with Crippen LogP contribution in [0.2, 0.25) is 0 Å². The van der Waals surface area contributed by atoms with Gasteiger partial charge in [0.1, 0.15) is 0 Å². The van der Waals surface area contributed by atoms with Crippen LogP contribution in [0.25, 0.3) is 0 Å². The lowest BCUT2D eigenvalue weighted by atomic mass is 9.90. The SMILES string of the molecule is COc1cc(Br)c2c(c1OC)C(C1CC1)NCC2. The summed E-state index contributed by atoms with van der Waals surface area (Å²) in [4.78, 5) is 0. The monoisotopic (exact) mass is 311 g/mol. The third-order valence-electron chi connectivity index (χ3n) is 3.91. The summed E-state index contributed by atoms with van der Waals surface area (Å²) in [6, 6.07) is 2.45. The lowest BCUT2D eigenvalue weighted by Crippen LogP contribution is -2.32. The summed E-state index contributed by atoms with van der Waals surface area (Å²) in [5.74, 6) is 2.48. The van der Waals surface area contributed by atoms with Crippen LogP contribution in [0.15, 0.2) is 10.5 Å². The fourth-order valence-electron chi connectivity index (χ4n) is 2.90. The Kier molecular flexibility index (Phi) is 3.24. The fraction of sp³-hybridized carbons (Fsp3) is 0.571. The summed E-state index contributed by atoms with van der Waals surface area (Å²) in [5, 5.41) is 3.63. The van der Waals surface area contributed by atoms with Crippen molar-refractivity contribution in [2.75, 3.05) is 20.8 Å². The molecule has 0 bridgehead atoms. The molecule has 0 radical (unpaired) electrons. The normalized spacial score (nSPS) is 22.5. The maximum Gasteiger partial charge on any atom is 0.165 e. The molecule has 1 heterocycles. The van der Waals surface area contributed by atoms with Crippen molar-refractivity contribution >= 4 is 15.9 Å². The van der Waals surface area contributed by atoms with Crippen LogP contribution in [0.5, 0.6) is 11.5 Å². The molecular formula is C14H18BrNO2. The predicted octanol–water partition coefficient (Wildman–Crippen LogP) is 3.06. The standard InChI is InChI=1S/C14H18BrNO2/c1-17-11-7-10(15)9-5-6-16-13(8-3-4-8)12(9)14(11)18-2/h7-8,13,16H,3-6H2,1-2H3. The van der Waals surface area contributed by atoms with Gasteiger partial charge in [0.25, 0.3) is 0 Å². The first-order valence-corrected chi connectivity index (χ1v) is 7.22. The van der Waals surface area contributed by atoms with Gasteiger partial charge in [0.15, 0.2) is 11.5 Å². The number of hydrogen-bond donors (Lipinski definition) is 1. The Morgan fingerprint density at radius 3 is 2.67 bits per heavy atom. The second-order valence-corrected chi connectivity index (χ2v) is 5.86. The average molecular weight is 312 g/mol. The molecule has 0 amide bonds. The molecule has 1 aromatic rings. The van der Waals surface area contributed by atoms with Gasteiger partial charge in [-0.25, -0.2) is 0 Å². The Bertz CT molecular complexity index is 471. The van der Waals surface area contributed by atoms with E-state index in [1.807, 2.05) is 6.07 Å². The van der Waals surface area contributed by atoms with E-state index in [1.54, 1.807) is 14.2 Å². The van der Waals surface area contributed by atoms with Crippen molar-refractivity contribution < 1.29 is 9.47 Å². The summed E-state index contributed by atoms with van der Waals surface area (Å²) in [7, 11) is 3.42. The summed E-state index contributed by atoms with van der Waals surface area (Å²) in [6.45, 7) is 1.04. The topological polar surface area (TPSA) is 30.5 Å². The Morgan fingerprint density at radius 2 is 2.06 bits per heavy atom. The van der Waals surface area contributed by atoms with Crippen molar-refractivity contribution in [1.82, 2.24) is 5.32 Å². The van der Waals surface area contributed by atoms with Crippen molar-refractivity contribution in [3.63, 3.8) is 0 Å². The molecule has 1 atom stereocenters. The molecule has 1 aliphatic carbocycles. The Balaban J connectivity index is 2.17. The van der Waals surface area contributed by atoms with Crippen LogP contribution in [0, 0.1) is 5.92 Å². The molecule has 0 spiro atoms. The minimum atomic E-state index is 0.426. The smallest absolute Gasteiger partial charge is 0.165 e. The zero-order valence-corrected chi connectivity index (χ0v) is 12.3. The lowest BCUT2D eigenvalue weighted by molar-refractivity contribution is 0.338. The number of nitrogens with one attached hydrogen (secondary N) is 1. The fourth-order valence-corrected chi connectivity index (χ4v) is 3.52. The first-order valence-electron chi connectivity index (χ1n) is 6.43. The number of rotatable bonds is 3. The molecule has 4 heteroatoms. The van der Waals surface area contributed by atoms with Crippen LogP contribution in [0.4, 0.5) is 0 Å². The van der Waals surface area contributed by atoms with Gasteiger partial charge in [0, 0.05) is 16.1 Å². The minimum Gasteiger partial charge on any atom is -0.493 e. The van der Waals surface area contributed by atoms with E-state index >= 15 is 0 Å². The zero-order chi connectivity index (χ0) is 12.7. The molecule has 1 aromatic carbocycles. The van der Waals surface area contributed by atoms with E-state index in [9.17, 15) is 0 Å². The van der Waals surface area contributed by atoms with Crippen LogP contribution < -0.4 is 14.8 Å². The van der Waals surface area contributed by atoms with Crippen LogP contribution in [-0.2, 0) is 6.42 Å². The number of halogens is 1. The quantitative estimate of drug-likeness (QED) is 0.930. The van der Waals surface area contributed by atoms with Crippen LogP contribution in [-0.4, -0.2) is 20.8 Å². The van der Waals surface area contributed by atoms with E-state index in [1.165, 1.54) is 24.0 Å². The van der Waals surface area contributed by atoms with Crippen LogP contribution in [0.3, 0.4) is 0 Å². The van der Waals surface area contributed by atoms with E-state index in [0.29, 0.717) is 6.04 Å². The zero-order valence-electron chi connectivity index (χ0n) is 10.8. The van der Waals surface area contributed by atoms with Gasteiger partial charge in [-0.15, -0.1) is 0 Å². The third kappa shape index (κ3) is 1.91. The van der Waals surface area contributed by atoms with Gasteiger partial charge in [-0.1, -0.05) is 15.9 Å². The molecule has 3 nitrogen and oxygen atoms in total. The van der Waals surface area contributed by atoms with Gasteiger partial charge >= 0.3 is 0 Å². The number of methoxy groups -OCH3 is 2. The average Bonchev–Trinajstić information content (AvgIpc) is 3.22. The second kappa shape index (κ2) is 4.74. The summed E-state index contributed by atoms with van der Waals surface area (Å²) in [5.41, 5.74) is 2.68. The van der Waals surface area contributed by atoms with Gasteiger partial charge in [-0.05, 0) is 43.4 Å². The summed E-state index contributed by atoms with van der Waals surface area (Å²) in [6.07, 6.45) is 3.67. The van der Waals surface area contributed by atoms with Crippen LogP contribution in [0.1, 0.15) is 30.0 Å². The van der Waals surface area contributed by atoms with E-state index in [0.717, 1.165) is 34.9 Å². The van der Waals surface area contributed by atoms with Crippen molar-refractivity contribution in [2.45, 2.75) is 25.3 Å². The van der Waals surface area contributed by atoms with Crippen LogP contribution >= 0.6 is 15.9 Å².